The molecule has 3 nitrogen and oxygen atoms in total. The van der Waals surface area contributed by atoms with Gasteiger partial charge in [0.25, 0.3) is 5.91 Å². The predicted molar refractivity (Wildman–Crippen MR) is 95.2 cm³/mol. The number of anilines is 1. The maximum atomic E-state index is 12.6. The number of carbonyl (C=O) groups excluding carboxylic acids is 1. The average Bonchev–Trinajstić information content (AvgIpc) is 2.97. The van der Waals surface area contributed by atoms with Gasteiger partial charge in [0, 0.05) is 23.4 Å². The average molecular weight is 379 g/mol. The molecule has 106 valence electrons. The van der Waals surface area contributed by atoms with Gasteiger partial charge in [0.15, 0.2) is 4.32 Å². The molecule has 21 heavy (non-hydrogen) atoms. The van der Waals surface area contributed by atoms with Crippen molar-refractivity contribution in [2.24, 2.45) is 7.05 Å². The number of para-hydroxylation sites is 1. The Morgan fingerprint density at radius 3 is 2.67 bits per heavy atom. The van der Waals surface area contributed by atoms with Crippen molar-refractivity contribution in [3.63, 3.8) is 0 Å². The fraction of sp³-hybridized carbons (Fsp3) is 0.0667. The van der Waals surface area contributed by atoms with Crippen molar-refractivity contribution in [2.75, 3.05) is 4.90 Å². The molecule has 0 unspecified atom stereocenters. The summed E-state index contributed by atoms with van der Waals surface area (Å²) < 4.78 is 3.36. The number of aromatic nitrogens is 1. The molecular weight excluding hydrogens is 368 g/mol. The molecule has 2 aromatic rings. The Bertz CT molecular complexity index is 767. The number of aryl methyl sites for hydroxylation is 1. The van der Waals surface area contributed by atoms with E-state index in [0.717, 1.165) is 15.9 Å². The van der Waals surface area contributed by atoms with E-state index in [9.17, 15) is 4.79 Å². The lowest BCUT2D eigenvalue weighted by molar-refractivity contribution is -0.113. The molecule has 0 bridgehead atoms. The molecule has 0 radical (unpaired) electrons. The predicted octanol–water partition coefficient (Wildman–Crippen LogP) is 4.19. The third-order valence-corrected chi connectivity index (χ3v) is 5.12. The first-order valence-corrected chi connectivity index (χ1v) is 8.23. The van der Waals surface area contributed by atoms with Crippen LogP contribution in [0, 0.1) is 0 Å². The Balaban J connectivity index is 1.99. The highest BCUT2D eigenvalue weighted by Crippen LogP contribution is 2.38. The van der Waals surface area contributed by atoms with Gasteiger partial charge in [-0.3, -0.25) is 9.69 Å². The van der Waals surface area contributed by atoms with E-state index >= 15 is 0 Å². The number of nitrogens with zero attached hydrogens (tertiary/aromatic N) is 2. The molecule has 1 aliphatic heterocycles. The zero-order valence-corrected chi connectivity index (χ0v) is 14.3. The number of hydrogen-bond acceptors (Lipinski definition) is 3. The van der Waals surface area contributed by atoms with Gasteiger partial charge < -0.3 is 4.57 Å². The molecule has 6 heteroatoms. The maximum Gasteiger partial charge on any atom is 0.270 e. The molecule has 2 heterocycles. The van der Waals surface area contributed by atoms with Gasteiger partial charge in [0.2, 0.25) is 0 Å². The summed E-state index contributed by atoms with van der Waals surface area (Å²) in [6.07, 6.45) is 3.82. The van der Waals surface area contributed by atoms with Crippen LogP contribution in [0.4, 0.5) is 5.69 Å². The van der Waals surface area contributed by atoms with E-state index in [2.05, 4.69) is 15.9 Å². The number of thioether (sulfide) groups is 1. The van der Waals surface area contributed by atoms with Crippen LogP contribution < -0.4 is 4.90 Å². The molecule has 1 fully saturated rings. The highest BCUT2D eigenvalue weighted by atomic mass is 79.9. The zero-order valence-electron chi connectivity index (χ0n) is 11.1. The molecule has 1 amide bonds. The van der Waals surface area contributed by atoms with Crippen molar-refractivity contribution in [1.82, 2.24) is 4.57 Å². The van der Waals surface area contributed by atoms with Crippen LogP contribution in [0.5, 0.6) is 0 Å². The van der Waals surface area contributed by atoms with Crippen molar-refractivity contribution in [3.05, 3.63) is 57.7 Å². The second-order valence-corrected chi connectivity index (χ2v) is 7.04. The maximum absolute atomic E-state index is 12.6. The number of rotatable bonds is 2. The molecule has 1 aliphatic rings. The summed E-state index contributed by atoms with van der Waals surface area (Å²) >= 11 is 10.2. The lowest BCUT2D eigenvalue weighted by Crippen LogP contribution is -2.27. The van der Waals surface area contributed by atoms with E-state index < -0.39 is 0 Å². The van der Waals surface area contributed by atoms with E-state index in [1.54, 1.807) is 4.90 Å². The van der Waals surface area contributed by atoms with Gasteiger partial charge >= 0.3 is 0 Å². The van der Waals surface area contributed by atoms with Crippen LogP contribution in [0.25, 0.3) is 6.08 Å². The van der Waals surface area contributed by atoms with Crippen LogP contribution in [0.15, 0.2) is 52.0 Å². The molecule has 0 spiro atoms. The van der Waals surface area contributed by atoms with Crippen molar-refractivity contribution in [3.8, 4) is 0 Å². The second kappa shape index (κ2) is 5.79. The van der Waals surface area contributed by atoms with Crippen molar-refractivity contribution >= 4 is 61.9 Å². The highest BCUT2D eigenvalue weighted by Gasteiger charge is 2.34. The molecule has 0 saturated carbocycles. The Morgan fingerprint density at radius 1 is 1.24 bits per heavy atom. The lowest BCUT2D eigenvalue weighted by atomic mass is 10.3. The number of carbonyl (C=O) groups is 1. The SMILES string of the molecule is Cn1cccc1/C=C1/SC(=S)N(c2ccccc2Br)C1=O. The van der Waals surface area contributed by atoms with E-state index in [-0.39, 0.29) is 5.91 Å². The number of hydrogen-bond donors (Lipinski definition) is 0. The number of benzene rings is 1. The fourth-order valence-corrected chi connectivity index (χ4v) is 3.80. The van der Waals surface area contributed by atoms with Crippen LogP contribution in [0.2, 0.25) is 0 Å². The Morgan fingerprint density at radius 2 is 2.00 bits per heavy atom. The van der Waals surface area contributed by atoms with Crippen LogP contribution in [0.3, 0.4) is 0 Å². The largest absolute Gasteiger partial charge is 0.351 e. The van der Waals surface area contributed by atoms with Gasteiger partial charge in [-0.2, -0.15) is 0 Å². The summed E-state index contributed by atoms with van der Waals surface area (Å²) in [6, 6.07) is 11.5. The fourth-order valence-electron chi connectivity index (χ4n) is 2.07. The third-order valence-electron chi connectivity index (χ3n) is 3.15. The summed E-state index contributed by atoms with van der Waals surface area (Å²) in [6.45, 7) is 0. The van der Waals surface area contributed by atoms with Crippen molar-refractivity contribution in [2.45, 2.75) is 0 Å². The minimum Gasteiger partial charge on any atom is -0.351 e. The van der Waals surface area contributed by atoms with Crippen LogP contribution in [-0.2, 0) is 11.8 Å². The van der Waals surface area contributed by atoms with Crippen LogP contribution in [-0.4, -0.2) is 14.8 Å². The quantitative estimate of drug-likeness (QED) is 0.578. The summed E-state index contributed by atoms with van der Waals surface area (Å²) in [4.78, 5) is 14.8. The van der Waals surface area contributed by atoms with Gasteiger partial charge in [-0.25, -0.2) is 0 Å². The molecule has 1 aromatic carbocycles. The first-order valence-electron chi connectivity index (χ1n) is 6.22. The van der Waals surface area contributed by atoms with Crippen molar-refractivity contribution in [1.29, 1.82) is 0 Å². The van der Waals surface area contributed by atoms with E-state index in [1.807, 2.05) is 60.3 Å². The van der Waals surface area contributed by atoms with E-state index in [0.29, 0.717) is 9.23 Å². The van der Waals surface area contributed by atoms with Gasteiger partial charge in [-0.05, 0) is 46.3 Å². The van der Waals surface area contributed by atoms with Gasteiger partial charge in [-0.1, -0.05) is 36.1 Å². The smallest absolute Gasteiger partial charge is 0.270 e. The first-order chi connectivity index (χ1) is 10.1. The minimum atomic E-state index is -0.0851. The Hall–Kier alpha value is -1.37. The topological polar surface area (TPSA) is 25.2 Å². The summed E-state index contributed by atoms with van der Waals surface area (Å²) in [5.74, 6) is -0.0851. The zero-order chi connectivity index (χ0) is 15.0. The molecular formula is C15H11BrN2OS2. The lowest BCUT2D eigenvalue weighted by Gasteiger charge is -2.15. The van der Waals surface area contributed by atoms with Crippen LogP contribution in [0.1, 0.15) is 5.69 Å². The number of halogens is 1. The van der Waals surface area contributed by atoms with Gasteiger partial charge in [0.1, 0.15) is 0 Å². The summed E-state index contributed by atoms with van der Waals surface area (Å²) in [5.41, 5.74) is 1.75. The molecule has 1 saturated heterocycles. The summed E-state index contributed by atoms with van der Waals surface area (Å²) in [5, 5.41) is 0. The normalized spacial score (nSPS) is 17.0. The summed E-state index contributed by atoms with van der Waals surface area (Å²) in [7, 11) is 1.94. The standard InChI is InChI=1S/C15H11BrN2OS2/c1-17-8-4-5-10(17)9-13-14(19)18(15(20)21-13)12-7-3-2-6-11(12)16/h2-9H,1H3/b13-9+. The monoisotopic (exact) mass is 378 g/mol. The molecule has 1 aromatic heterocycles. The molecule has 0 aliphatic carbocycles. The van der Waals surface area contributed by atoms with Gasteiger partial charge in [0.05, 0.1) is 10.6 Å². The molecule has 0 atom stereocenters. The van der Waals surface area contributed by atoms with Crippen LogP contribution >= 0.6 is 39.9 Å². The van der Waals surface area contributed by atoms with E-state index in [4.69, 9.17) is 12.2 Å². The van der Waals surface area contributed by atoms with E-state index in [1.165, 1.54) is 11.8 Å². The van der Waals surface area contributed by atoms with Crippen molar-refractivity contribution < 1.29 is 4.79 Å². The number of thiocarbonyl (C=S) groups is 1. The number of amides is 1. The Kier molecular flexibility index (Phi) is 4.01. The molecule has 0 N–H and O–H groups in total. The van der Waals surface area contributed by atoms with Gasteiger partial charge in [-0.15, -0.1) is 0 Å². The third kappa shape index (κ3) is 2.71. The highest BCUT2D eigenvalue weighted by molar-refractivity contribution is 9.10. The second-order valence-electron chi connectivity index (χ2n) is 4.51. The first kappa shape index (κ1) is 14.6. The Labute approximate surface area is 140 Å². The molecule has 3 rings (SSSR count). The minimum absolute atomic E-state index is 0.0851.